The molecule has 39 heavy (non-hydrogen) atoms. The maximum atomic E-state index is 8.12. The molecule has 0 aliphatic carbocycles. The predicted molar refractivity (Wildman–Crippen MR) is 146 cm³/mol. The Morgan fingerprint density at radius 1 is 0.718 bits per heavy atom. The summed E-state index contributed by atoms with van der Waals surface area (Å²) in [6, 6.07) is 17.9. The fourth-order valence-electron chi connectivity index (χ4n) is 4.89. The molecule has 1 N–H and O–H groups in total. The summed E-state index contributed by atoms with van der Waals surface area (Å²) >= 11 is 3.80. The van der Waals surface area contributed by atoms with Crippen LogP contribution in [-0.4, -0.2) is 44.2 Å². The Hall–Kier alpha value is -2.40. The standard InChI is InChI=1S/C14H16OS.C13H14OS.2CO2.Li.H2O/c1-10-9-12-3-2-4-13(14(12)16-10)11-5-7-15-8-6-11;1-2-11-6-9-15-13(11)12(3-1)10-4-7-14-8-5-10;2*2-1-3;;/h2-4,9,11H,5-8H2,1H3;1-3,6,9-10H,4-5,7-8H2;;;;1H2/q;;;;+1;/p-1. The van der Waals surface area contributed by atoms with E-state index in [9.17, 15) is 0 Å². The molecule has 202 valence electrons. The van der Waals surface area contributed by atoms with Gasteiger partial charge in [-0.15, -0.1) is 22.7 Å². The van der Waals surface area contributed by atoms with Crippen LogP contribution in [0.1, 0.15) is 53.5 Å². The quantitative estimate of drug-likeness (QED) is 0.343. The molecule has 6 rings (SSSR count). The summed E-state index contributed by atoms with van der Waals surface area (Å²) in [5, 5.41) is 4.99. The van der Waals surface area contributed by atoms with Gasteiger partial charge in [-0.3, -0.25) is 0 Å². The van der Waals surface area contributed by atoms with Crippen LogP contribution >= 0.6 is 22.7 Å². The summed E-state index contributed by atoms with van der Waals surface area (Å²) < 4.78 is 13.8. The van der Waals surface area contributed by atoms with Crippen LogP contribution in [-0.2, 0) is 28.7 Å². The number of fused-ring (bicyclic) bond motifs is 2. The Kier molecular flexibility index (Phi) is 16.7. The zero-order valence-corrected chi connectivity index (χ0v) is 23.9. The van der Waals surface area contributed by atoms with Gasteiger partial charge in [0.2, 0.25) is 0 Å². The molecule has 7 nitrogen and oxygen atoms in total. The van der Waals surface area contributed by atoms with Crippen LogP contribution in [0.15, 0.2) is 53.9 Å². The molecule has 2 aliphatic heterocycles. The van der Waals surface area contributed by atoms with Crippen molar-refractivity contribution in [1.29, 1.82) is 0 Å². The molecule has 0 saturated carbocycles. The number of rotatable bonds is 2. The Labute approximate surface area is 248 Å². The molecule has 2 aliphatic rings. The van der Waals surface area contributed by atoms with Gasteiger partial charge in [0.15, 0.2) is 0 Å². The van der Waals surface area contributed by atoms with E-state index in [1.807, 2.05) is 22.7 Å². The third kappa shape index (κ3) is 9.93. The Balaban J connectivity index is 0.000000312. The van der Waals surface area contributed by atoms with Crippen molar-refractivity contribution >= 4 is 55.1 Å². The van der Waals surface area contributed by atoms with Crippen molar-refractivity contribution < 1.29 is 53.0 Å². The van der Waals surface area contributed by atoms with E-state index < -0.39 is 0 Å². The van der Waals surface area contributed by atoms with Crippen LogP contribution in [0.2, 0.25) is 0 Å². The molecule has 2 aromatic heterocycles. The Bertz CT molecular complexity index is 1310. The first-order valence-corrected chi connectivity index (χ1v) is 13.9. The van der Waals surface area contributed by atoms with Gasteiger partial charge in [-0.1, -0.05) is 36.4 Å². The number of hydrogen-bond acceptors (Lipinski definition) is 9. The third-order valence-electron chi connectivity index (χ3n) is 6.53. The van der Waals surface area contributed by atoms with Crippen molar-refractivity contribution in [2.24, 2.45) is 0 Å². The summed E-state index contributed by atoms with van der Waals surface area (Å²) in [5.41, 5.74) is 3.07. The van der Waals surface area contributed by atoms with Gasteiger partial charge in [0.05, 0.1) is 0 Å². The predicted octanol–water partition coefficient (Wildman–Crippen LogP) is 3.56. The van der Waals surface area contributed by atoms with E-state index in [2.05, 4.69) is 60.8 Å². The minimum atomic E-state index is 0. The van der Waals surface area contributed by atoms with Gasteiger partial charge in [0.25, 0.3) is 0 Å². The maximum Gasteiger partial charge on any atom is 1.00 e. The second-order valence-corrected chi connectivity index (χ2v) is 10.9. The van der Waals surface area contributed by atoms with Gasteiger partial charge in [-0.25, -0.2) is 0 Å². The van der Waals surface area contributed by atoms with E-state index in [0.717, 1.165) is 26.4 Å². The molecule has 0 unspecified atom stereocenters. The minimum Gasteiger partial charge on any atom is -0.870 e. The third-order valence-corrected chi connectivity index (χ3v) is 8.62. The summed E-state index contributed by atoms with van der Waals surface area (Å²) in [6.07, 6.45) is 5.21. The van der Waals surface area contributed by atoms with Gasteiger partial charge >= 0.3 is 31.2 Å². The van der Waals surface area contributed by atoms with Crippen molar-refractivity contribution in [2.75, 3.05) is 26.4 Å². The number of benzene rings is 2. The molecule has 2 fully saturated rings. The average molecular weight is 563 g/mol. The second-order valence-electron chi connectivity index (χ2n) is 8.75. The number of hydrogen-bond donors (Lipinski definition) is 0. The van der Waals surface area contributed by atoms with E-state index in [4.69, 9.17) is 28.7 Å². The fraction of sp³-hybridized carbons (Fsp3) is 0.379. The van der Waals surface area contributed by atoms with Crippen LogP contribution in [0.4, 0.5) is 0 Å². The van der Waals surface area contributed by atoms with E-state index >= 15 is 0 Å². The van der Waals surface area contributed by atoms with Gasteiger partial charge in [0.1, 0.15) is 0 Å². The molecule has 4 heterocycles. The van der Waals surface area contributed by atoms with Crippen LogP contribution < -0.4 is 18.9 Å². The number of aryl methyl sites for hydroxylation is 1. The second kappa shape index (κ2) is 18.8. The molecule has 0 bridgehead atoms. The summed E-state index contributed by atoms with van der Waals surface area (Å²) in [7, 11) is 0. The smallest absolute Gasteiger partial charge is 0.870 e. The molecule has 0 amide bonds. The largest absolute Gasteiger partial charge is 1.00 e. The van der Waals surface area contributed by atoms with E-state index in [1.165, 1.54) is 56.3 Å². The van der Waals surface area contributed by atoms with Gasteiger partial charge in [-0.05, 0) is 83.9 Å². The molecule has 0 radical (unpaired) electrons. The molecule has 10 heteroatoms. The van der Waals surface area contributed by atoms with Crippen molar-refractivity contribution in [1.82, 2.24) is 0 Å². The van der Waals surface area contributed by atoms with Crippen molar-refractivity contribution in [3.63, 3.8) is 0 Å². The van der Waals surface area contributed by atoms with Gasteiger partial charge in [0, 0.05) is 40.7 Å². The number of ether oxygens (including phenoxy) is 2. The topological polar surface area (TPSA) is 117 Å². The molecule has 2 aromatic carbocycles. The monoisotopic (exact) mass is 562 g/mol. The minimum absolute atomic E-state index is 0. The zero-order valence-electron chi connectivity index (χ0n) is 22.2. The maximum absolute atomic E-state index is 8.12. The molecule has 0 spiro atoms. The van der Waals surface area contributed by atoms with E-state index in [1.54, 1.807) is 5.56 Å². The van der Waals surface area contributed by atoms with Gasteiger partial charge in [-0.2, -0.15) is 19.2 Å². The van der Waals surface area contributed by atoms with Crippen LogP contribution in [0, 0.1) is 6.92 Å². The molecule has 4 aromatic rings. The number of thiophene rings is 2. The average Bonchev–Trinajstić information content (AvgIpc) is 3.56. The van der Waals surface area contributed by atoms with Crippen molar-refractivity contribution in [3.05, 3.63) is 69.9 Å². The van der Waals surface area contributed by atoms with Crippen LogP contribution in [0.25, 0.3) is 20.2 Å². The van der Waals surface area contributed by atoms with Crippen molar-refractivity contribution in [3.8, 4) is 0 Å². The first-order valence-electron chi connectivity index (χ1n) is 12.2. The van der Waals surface area contributed by atoms with Crippen molar-refractivity contribution in [2.45, 2.75) is 44.4 Å². The SMILES string of the molecule is Cc1cc2cccc(C3CCOCC3)c2s1.O=C=O.O=C=O.[Li+].[OH-].c1cc(C2CCOCC2)c2sccc2c1. The zero-order chi connectivity index (χ0) is 26.5. The fourth-order valence-corrected chi connectivity index (χ4v) is 6.99. The molecular formula is C29H31LiO7S2. The molecule has 2 saturated heterocycles. The Morgan fingerprint density at radius 2 is 1.18 bits per heavy atom. The number of carbonyl (C=O) groups excluding carboxylic acids is 4. The molecule has 0 atom stereocenters. The Morgan fingerprint density at radius 3 is 1.69 bits per heavy atom. The van der Waals surface area contributed by atoms with E-state index in [0.29, 0.717) is 11.8 Å². The van der Waals surface area contributed by atoms with Crippen LogP contribution in [0.5, 0.6) is 0 Å². The summed E-state index contributed by atoms with van der Waals surface area (Å²) in [6.45, 7) is 5.88. The van der Waals surface area contributed by atoms with Gasteiger partial charge < -0.3 is 14.9 Å². The summed E-state index contributed by atoms with van der Waals surface area (Å²) in [5.74, 6) is 1.41. The molecular weight excluding hydrogens is 531 g/mol. The first kappa shape index (κ1) is 34.6. The van der Waals surface area contributed by atoms with E-state index in [-0.39, 0.29) is 36.6 Å². The van der Waals surface area contributed by atoms with Crippen LogP contribution in [0.3, 0.4) is 0 Å². The normalized spacial score (nSPS) is 14.9. The summed E-state index contributed by atoms with van der Waals surface area (Å²) in [4.78, 5) is 33.9. The first-order chi connectivity index (χ1) is 18.1.